The number of likely N-dealkylation sites (tertiary alicyclic amines) is 1. The zero-order valence-corrected chi connectivity index (χ0v) is 14.5. The van der Waals surface area contributed by atoms with Crippen LogP contribution in [0.3, 0.4) is 0 Å². The summed E-state index contributed by atoms with van der Waals surface area (Å²) in [6.07, 6.45) is 1.78. The number of aryl methyl sites for hydroxylation is 1. The third-order valence-corrected chi connectivity index (χ3v) is 4.69. The van der Waals surface area contributed by atoms with E-state index in [0.29, 0.717) is 12.5 Å². The molecule has 1 atom stereocenters. The lowest BCUT2D eigenvalue weighted by Gasteiger charge is -2.32. The Hall–Kier alpha value is -1.59. The van der Waals surface area contributed by atoms with Gasteiger partial charge in [0.25, 0.3) is 0 Å². The quantitative estimate of drug-likeness (QED) is 0.873. The smallest absolute Gasteiger partial charge is 0.317 e. The van der Waals surface area contributed by atoms with Gasteiger partial charge < -0.3 is 20.2 Å². The van der Waals surface area contributed by atoms with Gasteiger partial charge in [0.15, 0.2) is 0 Å². The standard InChI is InChI=1S/C18H29N3O2/c1-14-4-6-16(7-5-14)17(20(2)3)12-19-18(23)21-10-8-15(13-22)9-11-21/h4-7,15,17,22H,8-13H2,1-3H3,(H,19,23). The van der Waals surface area contributed by atoms with E-state index in [0.717, 1.165) is 25.9 Å². The van der Waals surface area contributed by atoms with Crippen LogP contribution in [-0.2, 0) is 0 Å². The van der Waals surface area contributed by atoms with Gasteiger partial charge in [-0.3, -0.25) is 0 Å². The number of carbonyl (C=O) groups is 1. The van der Waals surface area contributed by atoms with Crippen molar-refractivity contribution < 1.29 is 9.90 Å². The van der Waals surface area contributed by atoms with E-state index >= 15 is 0 Å². The van der Waals surface area contributed by atoms with Gasteiger partial charge in [0, 0.05) is 26.2 Å². The Morgan fingerprint density at radius 2 is 1.91 bits per heavy atom. The van der Waals surface area contributed by atoms with Crippen LogP contribution in [0.4, 0.5) is 4.79 Å². The normalized spacial score (nSPS) is 17.3. The van der Waals surface area contributed by atoms with Gasteiger partial charge in [-0.2, -0.15) is 0 Å². The van der Waals surface area contributed by atoms with Crippen molar-refractivity contribution in [1.82, 2.24) is 15.1 Å². The first-order chi connectivity index (χ1) is 11.0. The number of carbonyl (C=O) groups excluding carboxylic acids is 1. The Morgan fingerprint density at radius 3 is 2.43 bits per heavy atom. The molecule has 5 heteroatoms. The molecular weight excluding hydrogens is 290 g/mol. The van der Waals surface area contributed by atoms with Crippen molar-refractivity contribution >= 4 is 6.03 Å². The van der Waals surface area contributed by atoms with Crippen LogP contribution < -0.4 is 5.32 Å². The van der Waals surface area contributed by atoms with Crippen molar-refractivity contribution in [3.05, 3.63) is 35.4 Å². The van der Waals surface area contributed by atoms with Crippen LogP contribution in [-0.4, -0.2) is 61.3 Å². The number of aliphatic hydroxyl groups is 1. The van der Waals surface area contributed by atoms with E-state index in [1.807, 2.05) is 19.0 Å². The number of likely N-dealkylation sites (N-methyl/N-ethyl adjacent to an activating group) is 1. The zero-order valence-electron chi connectivity index (χ0n) is 14.5. The number of benzene rings is 1. The highest BCUT2D eigenvalue weighted by Crippen LogP contribution is 2.19. The largest absolute Gasteiger partial charge is 0.396 e. The highest BCUT2D eigenvalue weighted by Gasteiger charge is 2.23. The van der Waals surface area contributed by atoms with E-state index in [9.17, 15) is 9.90 Å². The monoisotopic (exact) mass is 319 g/mol. The van der Waals surface area contributed by atoms with E-state index in [-0.39, 0.29) is 18.7 Å². The lowest BCUT2D eigenvalue weighted by Crippen LogP contribution is -2.46. The van der Waals surface area contributed by atoms with Gasteiger partial charge in [0.05, 0.1) is 6.04 Å². The number of rotatable bonds is 5. The molecule has 1 heterocycles. The summed E-state index contributed by atoms with van der Waals surface area (Å²) in [4.78, 5) is 16.3. The number of aliphatic hydroxyl groups excluding tert-OH is 1. The Bertz CT molecular complexity index is 493. The molecule has 1 aliphatic rings. The van der Waals surface area contributed by atoms with Crippen LogP contribution in [0.5, 0.6) is 0 Å². The molecule has 1 unspecified atom stereocenters. The molecule has 0 bridgehead atoms. The Morgan fingerprint density at radius 1 is 1.30 bits per heavy atom. The van der Waals surface area contributed by atoms with Crippen molar-refractivity contribution in [2.45, 2.75) is 25.8 Å². The van der Waals surface area contributed by atoms with Gasteiger partial charge in [-0.1, -0.05) is 29.8 Å². The Balaban J connectivity index is 1.89. The molecule has 0 saturated carbocycles. The first-order valence-corrected chi connectivity index (χ1v) is 8.38. The maximum absolute atomic E-state index is 12.3. The van der Waals surface area contributed by atoms with Gasteiger partial charge in [-0.25, -0.2) is 4.79 Å². The van der Waals surface area contributed by atoms with Crippen LogP contribution in [0.2, 0.25) is 0 Å². The molecule has 5 nitrogen and oxygen atoms in total. The van der Waals surface area contributed by atoms with E-state index in [1.54, 1.807) is 0 Å². The molecule has 0 aromatic heterocycles. The summed E-state index contributed by atoms with van der Waals surface area (Å²) in [5.74, 6) is 0.348. The minimum atomic E-state index is 0.000325. The molecule has 1 saturated heterocycles. The Kier molecular flexibility index (Phi) is 6.42. The molecule has 0 aliphatic carbocycles. The number of nitrogens with zero attached hydrogens (tertiary/aromatic N) is 2. The minimum absolute atomic E-state index is 0.000325. The number of urea groups is 1. The summed E-state index contributed by atoms with van der Waals surface area (Å²) < 4.78 is 0. The van der Waals surface area contributed by atoms with E-state index < -0.39 is 0 Å². The summed E-state index contributed by atoms with van der Waals surface area (Å²) in [5, 5.41) is 12.2. The molecule has 128 valence electrons. The number of nitrogens with one attached hydrogen (secondary N) is 1. The fourth-order valence-corrected chi connectivity index (χ4v) is 3.00. The molecule has 2 N–H and O–H groups in total. The predicted molar refractivity (Wildman–Crippen MR) is 92.4 cm³/mol. The van der Waals surface area contributed by atoms with Crippen LogP contribution in [0.25, 0.3) is 0 Å². The maximum atomic E-state index is 12.3. The summed E-state index contributed by atoms with van der Waals surface area (Å²) in [6, 6.07) is 8.62. The Labute approximate surface area is 139 Å². The van der Waals surface area contributed by atoms with Crippen LogP contribution in [0, 0.1) is 12.8 Å². The van der Waals surface area contributed by atoms with Gasteiger partial charge in [0.1, 0.15) is 0 Å². The number of hydrogen-bond acceptors (Lipinski definition) is 3. The molecule has 1 fully saturated rings. The fraction of sp³-hybridized carbons (Fsp3) is 0.611. The second kappa shape index (κ2) is 8.31. The molecule has 2 amide bonds. The molecule has 2 rings (SSSR count). The summed E-state index contributed by atoms with van der Waals surface area (Å²) >= 11 is 0. The molecule has 0 spiro atoms. The highest BCUT2D eigenvalue weighted by molar-refractivity contribution is 5.74. The topological polar surface area (TPSA) is 55.8 Å². The molecule has 1 aromatic rings. The third-order valence-electron chi connectivity index (χ3n) is 4.69. The van der Waals surface area contributed by atoms with Crippen molar-refractivity contribution in [1.29, 1.82) is 0 Å². The van der Waals surface area contributed by atoms with Crippen molar-refractivity contribution in [2.24, 2.45) is 5.92 Å². The van der Waals surface area contributed by atoms with Crippen LogP contribution >= 0.6 is 0 Å². The van der Waals surface area contributed by atoms with E-state index in [2.05, 4.69) is 41.4 Å². The second-order valence-electron chi connectivity index (χ2n) is 6.69. The van der Waals surface area contributed by atoms with E-state index in [1.165, 1.54) is 11.1 Å². The predicted octanol–water partition coefficient (Wildman–Crippen LogP) is 2.01. The van der Waals surface area contributed by atoms with Gasteiger partial charge in [-0.15, -0.1) is 0 Å². The highest BCUT2D eigenvalue weighted by atomic mass is 16.3. The van der Waals surface area contributed by atoms with Gasteiger partial charge in [0.2, 0.25) is 0 Å². The first-order valence-electron chi connectivity index (χ1n) is 8.38. The maximum Gasteiger partial charge on any atom is 0.317 e. The number of hydrogen-bond donors (Lipinski definition) is 2. The lowest BCUT2D eigenvalue weighted by atomic mass is 9.98. The van der Waals surface area contributed by atoms with Crippen molar-refractivity contribution in [3.8, 4) is 0 Å². The van der Waals surface area contributed by atoms with Crippen molar-refractivity contribution in [2.75, 3.05) is 40.3 Å². The molecular formula is C18H29N3O2. The summed E-state index contributed by atoms with van der Waals surface area (Å²) in [7, 11) is 4.06. The molecule has 23 heavy (non-hydrogen) atoms. The average molecular weight is 319 g/mol. The SMILES string of the molecule is Cc1ccc(C(CNC(=O)N2CCC(CO)CC2)N(C)C)cc1. The molecule has 1 aromatic carbocycles. The number of piperidine rings is 1. The zero-order chi connectivity index (χ0) is 16.8. The van der Waals surface area contributed by atoms with Gasteiger partial charge >= 0.3 is 6.03 Å². The third kappa shape index (κ3) is 4.94. The fourth-order valence-electron chi connectivity index (χ4n) is 3.00. The van der Waals surface area contributed by atoms with Crippen LogP contribution in [0.1, 0.15) is 30.0 Å². The van der Waals surface area contributed by atoms with Crippen molar-refractivity contribution in [3.63, 3.8) is 0 Å². The minimum Gasteiger partial charge on any atom is -0.396 e. The summed E-state index contributed by atoms with van der Waals surface area (Å²) in [6.45, 7) is 4.36. The second-order valence-corrected chi connectivity index (χ2v) is 6.69. The van der Waals surface area contributed by atoms with E-state index in [4.69, 9.17) is 0 Å². The first kappa shape index (κ1) is 17.8. The molecule has 0 radical (unpaired) electrons. The van der Waals surface area contributed by atoms with Crippen LogP contribution in [0.15, 0.2) is 24.3 Å². The van der Waals surface area contributed by atoms with Gasteiger partial charge in [-0.05, 0) is 45.3 Å². The average Bonchev–Trinajstić information content (AvgIpc) is 2.56. The molecule has 1 aliphatic heterocycles. The number of amides is 2. The lowest BCUT2D eigenvalue weighted by molar-refractivity contribution is 0.136. The summed E-state index contributed by atoms with van der Waals surface area (Å²) in [5.41, 5.74) is 2.45.